The first-order valence-corrected chi connectivity index (χ1v) is 12.3. The molecule has 6 heterocycles. The molecule has 4 N–H and O–H groups in total. The average Bonchev–Trinajstić information content (AvgIpc) is 3.75. The lowest BCUT2D eigenvalue weighted by Crippen LogP contribution is -2.43. The minimum Gasteiger partial charge on any atom is -0.385 e. The maximum absolute atomic E-state index is 11.5. The maximum Gasteiger partial charge on any atom is 0.211 e. The van der Waals surface area contributed by atoms with E-state index in [-0.39, 0.29) is 6.04 Å². The van der Waals surface area contributed by atoms with Crippen molar-refractivity contribution in [1.82, 2.24) is 39.6 Å². The molecule has 14 nitrogen and oxygen atoms in total. The van der Waals surface area contributed by atoms with Gasteiger partial charge in [-0.05, 0) is 31.0 Å². The van der Waals surface area contributed by atoms with Gasteiger partial charge in [0.1, 0.15) is 17.9 Å². The van der Waals surface area contributed by atoms with E-state index in [1.165, 1.54) is 11.2 Å². The molecule has 0 saturated carbocycles. The predicted molar refractivity (Wildman–Crippen MR) is 133 cm³/mol. The normalized spacial score (nSPS) is 25.2. The summed E-state index contributed by atoms with van der Waals surface area (Å²) in [6.07, 6.45) is 3.30. The molecular formula is C24H27N9O5. The number of pyridine rings is 1. The van der Waals surface area contributed by atoms with Gasteiger partial charge >= 0.3 is 0 Å². The third kappa shape index (κ3) is 4.16. The number of aliphatic hydroxyl groups is 2. The fourth-order valence-electron chi connectivity index (χ4n) is 4.82. The van der Waals surface area contributed by atoms with Crippen LogP contribution in [0.5, 0.6) is 0 Å². The molecule has 1 amide bonds. The van der Waals surface area contributed by atoms with Crippen molar-refractivity contribution >= 4 is 23.4 Å². The first kappa shape index (κ1) is 24.4. The Labute approximate surface area is 216 Å². The Hall–Kier alpha value is -3.98. The molecule has 14 heteroatoms. The molecule has 4 aromatic heterocycles. The number of imidazole rings is 1. The average molecular weight is 522 g/mol. The highest BCUT2D eigenvalue weighted by atomic mass is 16.6. The summed E-state index contributed by atoms with van der Waals surface area (Å²) in [6, 6.07) is 3.77. The van der Waals surface area contributed by atoms with Crippen LogP contribution in [0.4, 0.5) is 5.82 Å². The number of likely N-dealkylation sites (N-methyl/N-ethyl adjacent to an activating group) is 1. The van der Waals surface area contributed by atoms with E-state index in [0.717, 1.165) is 17.5 Å². The van der Waals surface area contributed by atoms with E-state index >= 15 is 0 Å². The Kier molecular flexibility index (Phi) is 6.45. The number of nitrogens with zero attached hydrogens (tertiary/aromatic N) is 7. The topological polar surface area (TPSA) is 176 Å². The fraction of sp³-hybridized carbons (Fsp3) is 0.417. The molecule has 5 atom stereocenters. The van der Waals surface area contributed by atoms with Gasteiger partial charge in [-0.2, -0.15) is 5.10 Å². The van der Waals surface area contributed by atoms with E-state index < -0.39 is 24.7 Å². The second-order valence-corrected chi connectivity index (χ2v) is 9.14. The molecule has 38 heavy (non-hydrogen) atoms. The third-order valence-electron chi connectivity index (χ3n) is 6.85. The van der Waals surface area contributed by atoms with Crippen LogP contribution in [0.15, 0.2) is 37.1 Å². The van der Waals surface area contributed by atoms with Crippen LogP contribution in [0.3, 0.4) is 0 Å². The number of hydrogen-bond donors (Lipinski definition) is 4. The van der Waals surface area contributed by atoms with Crippen LogP contribution in [0, 0.1) is 0 Å². The minimum absolute atomic E-state index is 0.0372. The highest BCUT2D eigenvalue weighted by Crippen LogP contribution is 2.35. The number of ether oxygens (including phenoxy) is 2. The highest BCUT2D eigenvalue weighted by molar-refractivity contribution is 5.87. The molecule has 2 aliphatic heterocycles. The number of anilines is 1. The number of carbonyl (C=O) groups is 1. The Bertz CT molecular complexity index is 1420. The van der Waals surface area contributed by atoms with Crippen LogP contribution in [-0.4, -0.2) is 100 Å². The SMILES string of the molecule is CCN(C=O)[C@H]1O[C@@H](n2cnc3c(N[C@@H]4CCOC4)nc(-c4n[nH]cc4-c4ccncc4)nc32)[C@@H](O)[C@H]1O. The molecule has 4 aromatic rings. The van der Waals surface area contributed by atoms with Gasteiger partial charge in [0.2, 0.25) is 6.41 Å². The zero-order valence-electron chi connectivity index (χ0n) is 20.5. The van der Waals surface area contributed by atoms with E-state index in [1.807, 2.05) is 12.1 Å². The van der Waals surface area contributed by atoms with Crippen LogP contribution < -0.4 is 5.32 Å². The van der Waals surface area contributed by atoms with Crippen molar-refractivity contribution in [2.75, 3.05) is 25.1 Å². The standard InChI is InChI=1S/C24H27N9O5/c1-2-32(12-34)23-18(35)19(36)24(38-23)33-11-26-17-21(28-14-5-8-37-10-14)29-20(30-22(17)33)16-15(9-27-31-16)13-3-6-25-7-4-13/h3-4,6-7,9,11-12,14,18-19,23-24,35-36H,2,5,8,10H2,1H3,(H,27,31)(H,28,29,30)/t14-,18-,19+,23+,24-/m1/s1. The molecule has 0 unspecified atom stereocenters. The highest BCUT2D eigenvalue weighted by Gasteiger charge is 2.46. The Balaban J connectivity index is 1.46. The van der Waals surface area contributed by atoms with Crippen LogP contribution >= 0.6 is 0 Å². The lowest BCUT2D eigenvalue weighted by atomic mass is 10.1. The first-order valence-electron chi connectivity index (χ1n) is 12.3. The van der Waals surface area contributed by atoms with Gasteiger partial charge in [-0.15, -0.1) is 0 Å². The van der Waals surface area contributed by atoms with Gasteiger partial charge in [-0.1, -0.05) is 0 Å². The van der Waals surface area contributed by atoms with Crippen molar-refractivity contribution < 1.29 is 24.5 Å². The van der Waals surface area contributed by atoms with Crippen LogP contribution in [0.2, 0.25) is 0 Å². The molecular weight excluding hydrogens is 494 g/mol. The smallest absolute Gasteiger partial charge is 0.211 e. The van der Waals surface area contributed by atoms with Gasteiger partial charge in [-0.25, -0.2) is 15.0 Å². The number of rotatable bonds is 8. The molecule has 2 saturated heterocycles. The van der Waals surface area contributed by atoms with E-state index in [1.54, 1.807) is 30.1 Å². The van der Waals surface area contributed by atoms with Crippen molar-refractivity contribution in [3.63, 3.8) is 0 Å². The zero-order valence-corrected chi connectivity index (χ0v) is 20.5. The lowest BCUT2D eigenvalue weighted by Gasteiger charge is -2.25. The Morgan fingerprint density at radius 3 is 2.84 bits per heavy atom. The van der Waals surface area contributed by atoms with Gasteiger partial charge in [0.15, 0.2) is 35.3 Å². The summed E-state index contributed by atoms with van der Waals surface area (Å²) >= 11 is 0. The largest absolute Gasteiger partial charge is 0.385 e. The molecule has 2 aliphatic rings. The van der Waals surface area contributed by atoms with Gasteiger partial charge in [0.25, 0.3) is 0 Å². The molecule has 0 aliphatic carbocycles. The molecule has 0 bridgehead atoms. The molecule has 2 fully saturated rings. The van der Waals surface area contributed by atoms with Crippen molar-refractivity contribution in [2.45, 2.75) is 44.1 Å². The summed E-state index contributed by atoms with van der Waals surface area (Å²) in [5.41, 5.74) is 3.00. The molecule has 0 spiro atoms. The van der Waals surface area contributed by atoms with E-state index in [4.69, 9.17) is 19.4 Å². The molecule has 0 radical (unpaired) electrons. The summed E-state index contributed by atoms with van der Waals surface area (Å²) in [4.78, 5) is 30.9. The van der Waals surface area contributed by atoms with Gasteiger partial charge in [0, 0.05) is 37.3 Å². The number of aliphatic hydroxyl groups excluding tert-OH is 2. The van der Waals surface area contributed by atoms with Gasteiger partial charge < -0.3 is 29.9 Å². The molecule has 198 valence electrons. The van der Waals surface area contributed by atoms with Crippen LogP contribution in [0.1, 0.15) is 19.6 Å². The zero-order chi connectivity index (χ0) is 26.2. The van der Waals surface area contributed by atoms with Crippen molar-refractivity contribution in [1.29, 1.82) is 0 Å². The summed E-state index contributed by atoms with van der Waals surface area (Å²) < 4.78 is 13.0. The number of fused-ring (bicyclic) bond motifs is 1. The number of amides is 1. The van der Waals surface area contributed by atoms with Crippen molar-refractivity contribution in [3.05, 3.63) is 37.1 Å². The molecule has 6 rings (SSSR count). The van der Waals surface area contributed by atoms with Crippen LogP contribution in [-0.2, 0) is 14.3 Å². The Morgan fingerprint density at radius 1 is 1.26 bits per heavy atom. The summed E-state index contributed by atoms with van der Waals surface area (Å²) in [5, 5.41) is 32.3. The number of aromatic amines is 1. The van der Waals surface area contributed by atoms with E-state index in [2.05, 4.69) is 25.5 Å². The fourth-order valence-corrected chi connectivity index (χ4v) is 4.82. The third-order valence-corrected chi connectivity index (χ3v) is 6.85. The monoisotopic (exact) mass is 521 g/mol. The number of H-pyrrole nitrogens is 1. The summed E-state index contributed by atoms with van der Waals surface area (Å²) in [7, 11) is 0. The van der Waals surface area contributed by atoms with Gasteiger partial charge in [0.05, 0.1) is 19.0 Å². The second-order valence-electron chi connectivity index (χ2n) is 9.14. The van der Waals surface area contributed by atoms with Crippen molar-refractivity contribution in [2.24, 2.45) is 0 Å². The predicted octanol–water partition coefficient (Wildman–Crippen LogP) is 0.534. The summed E-state index contributed by atoms with van der Waals surface area (Å²) in [6.45, 7) is 3.23. The lowest BCUT2D eigenvalue weighted by molar-refractivity contribution is -0.141. The van der Waals surface area contributed by atoms with E-state index in [9.17, 15) is 15.0 Å². The summed E-state index contributed by atoms with van der Waals surface area (Å²) in [5.74, 6) is 0.803. The number of nitrogens with one attached hydrogen (secondary N) is 2. The minimum atomic E-state index is -1.33. The number of carbonyl (C=O) groups excluding carboxylic acids is 1. The van der Waals surface area contributed by atoms with Gasteiger partial charge in [-0.3, -0.25) is 19.4 Å². The number of aromatic nitrogens is 7. The molecule has 0 aromatic carbocycles. The Morgan fingerprint density at radius 2 is 2.11 bits per heavy atom. The van der Waals surface area contributed by atoms with E-state index in [0.29, 0.717) is 54.7 Å². The van der Waals surface area contributed by atoms with Crippen LogP contribution in [0.25, 0.3) is 33.8 Å². The second kappa shape index (κ2) is 10.1. The maximum atomic E-state index is 11.5. The number of hydrogen-bond acceptors (Lipinski definition) is 11. The first-order chi connectivity index (χ1) is 18.6. The van der Waals surface area contributed by atoms with Crippen molar-refractivity contribution in [3.8, 4) is 22.6 Å². The quantitative estimate of drug-likeness (QED) is 0.238.